The smallest absolute Gasteiger partial charge is 0.226 e. The Labute approximate surface area is 143 Å². The zero-order valence-electron chi connectivity index (χ0n) is 13.8. The van der Waals surface area contributed by atoms with Crippen LogP contribution in [0.4, 0.5) is 0 Å². The van der Waals surface area contributed by atoms with E-state index in [0.717, 1.165) is 32.2 Å². The van der Waals surface area contributed by atoms with Crippen molar-refractivity contribution in [1.29, 1.82) is 0 Å². The highest BCUT2D eigenvalue weighted by Gasteiger charge is 2.25. The minimum absolute atomic E-state index is 0.205. The molecule has 3 heterocycles. The second-order valence-electron chi connectivity index (χ2n) is 6.25. The van der Waals surface area contributed by atoms with Gasteiger partial charge in [-0.15, -0.1) is 0 Å². The van der Waals surface area contributed by atoms with Gasteiger partial charge in [-0.2, -0.15) is 0 Å². The second-order valence-corrected chi connectivity index (χ2v) is 6.25. The third-order valence-corrected chi connectivity index (χ3v) is 4.32. The molecule has 0 radical (unpaired) electrons. The maximum absolute atomic E-state index is 11.5. The van der Waals surface area contributed by atoms with Gasteiger partial charge in [-0.25, -0.2) is 0 Å². The Balaban J connectivity index is 1.60. The van der Waals surface area contributed by atoms with Crippen molar-refractivity contribution in [3.63, 3.8) is 0 Å². The highest BCUT2D eigenvalue weighted by atomic mass is 16.4. The quantitative estimate of drug-likeness (QED) is 0.832. The zero-order chi connectivity index (χ0) is 18.0. The summed E-state index contributed by atoms with van der Waals surface area (Å²) in [6, 6.07) is 2.81. The lowest BCUT2D eigenvalue weighted by molar-refractivity contribution is 0.0634. The Morgan fingerprint density at radius 2 is 1.56 bits per heavy atom. The predicted molar refractivity (Wildman–Crippen MR) is 88.4 cm³/mol. The topological polar surface area (TPSA) is 107 Å². The summed E-state index contributed by atoms with van der Waals surface area (Å²) in [5.41, 5.74) is -0.898. The van der Waals surface area contributed by atoms with Crippen LogP contribution in [0.2, 0.25) is 0 Å². The van der Waals surface area contributed by atoms with Crippen LogP contribution in [0.5, 0.6) is 11.5 Å². The fourth-order valence-electron chi connectivity index (χ4n) is 2.92. The summed E-state index contributed by atoms with van der Waals surface area (Å²) < 4.78 is 10.5. The van der Waals surface area contributed by atoms with Crippen molar-refractivity contribution in [1.82, 2.24) is 9.80 Å². The molecule has 134 valence electrons. The van der Waals surface area contributed by atoms with Crippen LogP contribution in [-0.4, -0.2) is 45.7 Å². The standard InChI is InChI=1S/C17H20N2O6/c1-11-6-18(7-12-4-14(20)16(22)9-24-12)2-3-19(11)8-13-5-15(21)17(23)10-25-13/h4-5,9-11,22-23H,2-3,6-8H2,1H3. The van der Waals surface area contributed by atoms with Gasteiger partial charge in [0, 0.05) is 37.8 Å². The molecule has 1 aliphatic heterocycles. The van der Waals surface area contributed by atoms with Gasteiger partial charge in [0.2, 0.25) is 10.9 Å². The van der Waals surface area contributed by atoms with E-state index in [0.29, 0.717) is 24.6 Å². The highest BCUT2D eigenvalue weighted by Crippen LogP contribution is 2.16. The second kappa shape index (κ2) is 7.12. The first-order valence-electron chi connectivity index (χ1n) is 8.00. The zero-order valence-corrected chi connectivity index (χ0v) is 13.8. The molecule has 2 N–H and O–H groups in total. The minimum Gasteiger partial charge on any atom is -0.502 e. The van der Waals surface area contributed by atoms with Crippen molar-refractivity contribution in [2.75, 3.05) is 19.6 Å². The summed E-state index contributed by atoms with van der Waals surface area (Å²) in [5.74, 6) is 0.231. The Hall–Kier alpha value is -2.58. The van der Waals surface area contributed by atoms with Gasteiger partial charge in [0.05, 0.1) is 13.1 Å². The van der Waals surface area contributed by atoms with Crippen LogP contribution in [-0.2, 0) is 13.1 Å². The molecule has 0 saturated carbocycles. The fraction of sp³-hybridized carbons (Fsp3) is 0.412. The van der Waals surface area contributed by atoms with E-state index in [1.807, 2.05) is 0 Å². The van der Waals surface area contributed by atoms with Crippen molar-refractivity contribution in [3.8, 4) is 11.5 Å². The molecular formula is C17H20N2O6. The van der Waals surface area contributed by atoms with Crippen LogP contribution in [0.3, 0.4) is 0 Å². The van der Waals surface area contributed by atoms with Gasteiger partial charge in [0.15, 0.2) is 11.5 Å². The summed E-state index contributed by atoms with van der Waals surface area (Å²) in [5, 5.41) is 18.5. The molecule has 1 saturated heterocycles. The normalized spacial score (nSPS) is 19.2. The van der Waals surface area contributed by atoms with E-state index < -0.39 is 22.4 Å². The third kappa shape index (κ3) is 4.09. The molecule has 0 amide bonds. The molecule has 8 nitrogen and oxygen atoms in total. The molecule has 2 aromatic rings. The van der Waals surface area contributed by atoms with Gasteiger partial charge in [0.1, 0.15) is 24.0 Å². The van der Waals surface area contributed by atoms with Crippen LogP contribution < -0.4 is 10.9 Å². The van der Waals surface area contributed by atoms with Crippen LogP contribution >= 0.6 is 0 Å². The van der Waals surface area contributed by atoms with Crippen molar-refractivity contribution >= 4 is 0 Å². The number of hydrogen-bond donors (Lipinski definition) is 2. The fourth-order valence-corrected chi connectivity index (χ4v) is 2.92. The first-order chi connectivity index (χ1) is 11.9. The monoisotopic (exact) mass is 348 g/mol. The molecule has 1 atom stereocenters. The summed E-state index contributed by atoms with van der Waals surface area (Å²) in [7, 11) is 0. The molecule has 3 rings (SSSR count). The van der Waals surface area contributed by atoms with Crippen molar-refractivity contribution in [3.05, 3.63) is 56.6 Å². The maximum Gasteiger partial charge on any atom is 0.226 e. The number of nitrogens with zero attached hydrogens (tertiary/aromatic N) is 2. The van der Waals surface area contributed by atoms with Crippen LogP contribution in [0.15, 0.2) is 43.1 Å². The first kappa shape index (κ1) is 17.2. The predicted octanol–water partition coefficient (Wildman–Crippen LogP) is 0.710. The van der Waals surface area contributed by atoms with Crippen molar-refractivity contribution < 1.29 is 19.0 Å². The van der Waals surface area contributed by atoms with E-state index in [1.54, 1.807) is 0 Å². The number of rotatable bonds is 4. The molecule has 25 heavy (non-hydrogen) atoms. The largest absolute Gasteiger partial charge is 0.502 e. The average Bonchev–Trinajstić information content (AvgIpc) is 2.57. The van der Waals surface area contributed by atoms with Crippen LogP contribution in [0.25, 0.3) is 0 Å². The van der Waals surface area contributed by atoms with E-state index in [4.69, 9.17) is 8.83 Å². The summed E-state index contributed by atoms with van der Waals surface area (Å²) in [4.78, 5) is 27.3. The average molecular weight is 348 g/mol. The lowest BCUT2D eigenvalue weighted by Crippen LogP contribution is -2.51. The van der Waals surface area contributed by atoms with E-state index in [1.165, 1.54) is 12.1 Å². The molecule has 1 unspecified atom stereocenters. The number of aromatic hydroxyl groups is 2. The first-order valence-corrected chi connectivity index (χ1v) is 8.00. The van der Waals surface area contributed by atoms with Gasteiger partial charge >= 0.3 is 0 Å². The number of piperazine rings is 1. The third-order valence-electron chi connectivity index (χ3n) is 4.32. The Kier molecular flexibility index (Phi) is 4.91. The highest BCUT2D eigenvalue weighted by molar-refractivity contribution is 5.16. The van der Waals surface area contributed by atoms with Gasteiger partial charge < -0.3 is 19.0 Å². The summed E-state index contributed by atoms with van der Waals surface area (Å²) in [6.45, 7) is 5.32. The molecule has 0 bridgehead atoms. The molecule has 0 aromatic carbocycles. The lowest BCUT2D eigenvalue weighted by Gasteiger charge is -2.39. The van der Waals surface area contributed by atoms with Gasteiger partial charge in [-0.3, -0.25) is 19.4 Å². The Morgan fingerprint density at radius 3 is 2.08 bits per heavy atom. The van der Waals surface area contributed by atoms with E-state index in [9.17, 15) is 19.8 Å². The molecule has 8 heteroatoms. The summed E-state index contributed by atoms with van der Waals surface area (Å²) in [6.07, 6.45) is 2.12. The number of hydrogen-bond acceptors (Lipinski definition) is 8. The molecule has 1 aliphatic rings. The lowest BCUT2D eigenvalue weighted by atomic mass is 10.1. The minimum atomic E-state index is -0.449. The van der Waals surface area contributed by atoms with Crippen molar-refractivity contribution in [2.24, 2.45) is 0 Å². The van der Waals surface area contributed by atoms with Crippen molar-refractivity contribution in [2.45, 2.75) is 26.1 Å². The van der Waals surface area contributed by atoms with E-state index in [2.05, 4.69) is 16.7 Å². The van der Waals surface area contributed by atoms with Gasteiger partial charge in [-0.1, -0.05) is 0 Å². The molecule has 1 fully saturated rings. The maximum atomic E-state index is 11.5. The Bertz CT molecular complexity index is 859. The summed E-state index contributed by atoms with van der Waals surface area (Å²) >= 11 is 0. The Morgan fingerprint density at radius 1 is 1.00 bits per heavy atom. The molecule has 2 aromatic heterocycles. The van der Waals surface area contributed by atoms with E-state index in [-0.39, 0.29) is 6.04 Å². The van der Waals surface area contributed by atoms with Crippen LogP contribution in [0, 0.1) is 0 Å². The molecular weight excluding hydrogens is 328 g/mol. The SMILES string of the molecule is CC1CN(Cc2cc(=O)c(O)co2)CCN1Cc1cc(=O)c(O)co1. The van der Waals surface area contributed by atoms with E-state index >= 15 is 0 Å². The van der Waals surface area contributed by atoms with Gasteiger partial charge in [-0.05, 0) is 6.92 Å². The molecule has 0 spiro atoms. The van der Waals surface area contributed by atoms with Crippen LogP contribution in [0.1, 0.15) is 18.4 Å². The van der Waals surface area contributed by atoms with Gasteiger partial charge in [0.25, 0.3) is 0 Å². The molecule has 0 aliphatic carbocycles.